The van der Waals surface area contributed by atoms with Gasteiger partial charge in [-0.15, -0.1) is 0 Å². The minimum absolute atomic E-state index is 0. The molecule has 0 aliphatic heterocycles. The van der Waals surface area contributed by atoms with Gasteiger partial charge in [0.2, 0.25) is 0 Å². The standard InChI is InChI=1S/H4O7P2.Zn/c1-8(2,3)7-9(4,5)6;/h(H2,1,2,3)(H2,4,5,6);/q;+2/p-4. The van der Waals surface area contributed by atoms with Gasteiger partial charge >= 0.3 is 19.5 Å². The van der Waals surface area contributed by atoms with Gasteiger partial charge in [0.05, 0.1) is 15.6 Å². The van der Waals surface area contributed by atoms with Crippen molar-refractivity contribution in [3.63, 3.8) is 0 Å². The molecule has 0 unspecified atom stereocenters. The molecule has 0 radical (unpaired) electrons. The summed E-state index contributed by atoms with van der Waals surface area (Å²) in [7, 11) is -11.4. The topological polar surface area (TPSA) is 136 Å². The Morgan fingerprint density at radius 3 is 1.10 bits per heavy atom. The molecule has 0 aliphatic carbocycles. The molecule has 0 aliphatic rings. The van der Waals surface area contributed by atoms with Gasteiger partial charge < -0.3 is 33.0 Å². The Morgan fingerprint density at radius 2 is 1.10 bits per heavy atom. The predicted molar refractivity (Wildman–Crippen MR) is 16.3 cm³/mol. The van der Waals surface area contributed by atoms with Crippen molar-refractivity contribution >= 4 is 15.6 Å². The van der Waals surface area contributed by atoms with E-state index < -0.39 is 15.6 Å². The molecule has 0 spiro atoms. The molecular formula is O7P2Zn-2. The Labute approximate surface area is 68.6 Å². The van der Waals surface area contributed by atoms with Crippen LogP contribution in [0.4, 0.5) is 0 Å². The van der Waals surface area contributed by atoms with Crippen LogP contribution in [-0.4, -0.2) is 0 Å². The zero-order valence-corrected chi connectivity index (χ0v) is 9.22. The number of rotatable bonds is 2. The third kappa shape index (κ3) is 11.7. The van der Waals surface area contributed by atoms with E-state index >= 15 is 0 Å². The zero-order chi connectivity index (χ0) is 7.71. The molecule has 0 aromatic heterocycles. The van der Waals surface area contributed by atoms with Crippen molar-refractivity contribution in [2.24, 2.45) is 0 Å². The van der Waals surface area contributed by atoms with Crippen molar-refractivity contribution in [1.29, 1.82) is 0 Å². The summed E-state index contributed by atoms with van der Waals surface area (Å²) in [6.45, 7) is 0. The van der Waals surface area contributed by atoms with Gasteiger partial charge in [-0.1, -0.05) is 0 Å². The average Bonchev–Trinajstić information content (AvgIpc) is 1.14. The summed E-state index contributed by atoms with van der Waals surface area (Å²) in [5.74, 6) is 0. The van der Waals surface area contributed by atoms with Crippen LogP contribution in [0.2, 0.25) is 0 Å². The summed E-state index contributed by atoms with van der Waals surface area (Å²) in [6, 6.07) is 0. The van der Waals surface area contributed by atoms with Crippen LogP contribution >= 0.6 is 15.6 Å². The minimum atomic E-state index is -5.68. The third-order valence-corrected chi connectivity index (χ3v) is 1.80. The van der Waals surface area contributed by atoms with Gasteiger partial charge in [0.15, 0.2) is 0 Å². The van der Waals surface area contributed by atoms with E-state index in [0.717, 1.165) is 0 Å². The molecule has 10 heteroatoms. The summed E-state index contributed by atoms with van der Waals surface area (Å²) in [5, 5.41) is 0. The predicted octanol–water partition coefficient (Wildman–Crippen LogP) is -3.34. The average molecular weight is 239 g/mol. The van der Waals surface area contributed by atoms with Gasteiger partial charge in [0.25, 0.3) is 0 Å². The van der Waals surface area contributed by atoms with Crippen molar-refractivity contribution in [2.45, 2.75) is 0 Å². The molecule has 0 saturated carbocycles. The van der Waals surface area contributed by atoms with Crippen LogP contribution in [-0.2, 0) is 32.9 Å². The van der Waals surface area contributed by atoms with Crippen molar-refractivity contribution < 1.29 is 52.5 Å². The summed E-state index contributed by atoms with van der Waals surface area (Å²) in [6.07, 6.45) is 0. The fourth-order valence-corrected chi connectivity index (χ4v) is 1.10. The molecule has 0 aromatic carbocycles. The number of hydrogen-bond acceptors (Lipinski definition) is 7. The first-order valence-corrected chi connectivity index (χ1v) is 4.38. The monoisotopic (exact) mass is 238 g/mol. The van der Waals surface area contributed by atoms with Crippen LogP contribution < -0.4 is 19.6 Å². The van der Waals surface area contributed by atoms with E-state index in [0.29, 0.717) is 0 Å². The van der Waals surface area contributed by atoms with E-state index in [1.54, 1.807) is 0 Å². The quantitative estimate of drug-likeness (QED) is 0.363. The van der Waals surface area contributed by atoms with Gasteiger partial charge in [-0.25, -0.2) is 0 Å². The fourth-order valence-electron chi connectivity index (χ4n) is 0.122. The molecule has 7 nitrogen and oxygen atoms in total. The smallest absolute Gasteiger partial charge is 0.790 e. The molecule has 56 valence electrons. The van der Waals surface area contributed by atoms with E-state index in [4.69, 9.17) is 0 Å². The van der Waals surface area contributed by atoms with Crippen LogP contribution in [0.15, 0.2) is 0 Å². The zero-order valence-electron chi connectivity index (χ0n) is 4.46. The molecule has 0 atom stereocenters. The SMILES string of the molecule is O=P([O-])([O-])OP(=O)([O-])[O-].[Zn+2]. The van der Waals surface area contributed by atoms with Crippen molar-refractivity contribution in [3.8, 4) is 0 Å². The Bertz CT molecular complexity index is 152. The maximum atomic E-state index is 9.32. The van der Waals surface area contributed by atoms with E-state index in [1.807, 2.05) is 0 Å². The van der Waals surface area contributed by atoms with E-state index in [2.05, 4.69) is 4.31 Å². The van der Waals surface area contributed by atoms with E-state index in [-0.39, 0.29) is 19.5 Å². The first-order valence-electron chi connectivity index (χ1n) is 1.46. The van der Waals surface area contributed by atoms with Gasteiger partial charge in [-0.3, -0.25) is 0 Å². The van der Waals surface area contributed by atoms with Crippen molar-refractivity contribution in [1.82, 2.24) is 0 Å². The maximum absolute atomic E-state index is 9.32. The van der Waals surface area contributed by atoms with Gasteiger partial charge in [0.1, 0.15) is 0 Å². The second-order valence-electron chi connectivity index (χ2n) is 0.976. The van der Waals surface area contributed by atoms with Gasteiger partial charge in [-0.05, 0) is 0 Å². The second kappa shape index (κ2) is 4.05. The van der Waals surface area contributed by atoms with Crippen LogP contribution in [0.25, 0.3) is 0 Å². The van der Waals surface area contributed by atoms with Crippen LogP contribution in [0.5, 0.6) is 0 Å². The molecule has 0 rings (SSSR count). The van der Waals surface area contributed by atoms with E-state index in [9.17, 15) is 28.7 Å². The molecule has 10 heavy (non-hydrogen) atoms. The Balaban J connectivity index is 0. The van der Waals surface area contributed by atoms with Crippen molar-refractivity contribution in [2.75, 3.05) is 0 Å². The van der Waals surface area contributed by atoms with Gasteiger partial charge in [-0.2, -0.15) is 0 Å². The molecule has 0 fully saturated rings. The summed E-state index contributed by atoms with van der Waals surface area (Å²) < 4.78 is 21.2. The van der Waals surface area contributed by atoms with Crippen LogP contribution in [0.1, 0.15) is 0 Å². The largest absolute Gasteiger partial charge is 2.00 e. The minimum Gasteiger partial charge on any atom is -0.790 e. The van der Waals surface area contributed by atoms with Crippen molar-refractivity contribution in [3.05, 3.63) is 0 Å². The second-order valence-corrected chi connectivity index (χ2v) is 3.42. The summed E-state index contributed by atoms with van der Waals surface area (Å²) in [4.78, 5) is 37.3. The summed E-state index contributed by atoms with van der Waals surface area (Å²) >= 11 is 0. The summed E-state index contributed by atoms with van der Waals surface area (Å²) in [5.41, 5.74) is 0. The molecule has 0 amide bonds. The molecule has 0 heterocycles. The van der Waals surface area contributed by atoms with E-state index in [1.165, 1.54) is 0 Å². The van der Waals surface area contributed by atoms with Crippen LogP contribution in [0, 0.1) is 0 Å². The molecule has 0 aromatic rings. The number of hydrogen-bond donors (Lipinski definition) is 0. The first kappa shape index (κ1) is 13.5. The molecule has 0 bridgehead atoms. The molecule has 0 saturated heterocycles. The fraction of sp³-hybridized carbons (Fsp3) is 0. The normalized spacial score (nSPS) is 12.4. The van der Waals surface area contributed by atoms with Gasteiger partial charge in [0, 0.05) is 0 Å². The Morgan fingerprint density at radius 1 is 0.900 bits per heavy atom. The van der Waals surface area contributed by atoms with Crippen LogP contribution in [0.3, 0.4) is 0 Å². The Kier molecular flexibility index (Phi) is 5.45. The maximum Gasteiger partial charge on any atom is 2.00 e. The Hall–Kier alpha value is 0.883. The molecule has 0 N–H and O–H groups in total. The molecular weight excluding hydrogens is 239 g/mol. The third-order valence-electron chi connectivity index (χ3n) is 0.200. The number of phosphoric acid groups is 2. The first-order chi connectivity index (χ1) is 3.71.